The summed E-state index contributed by atoms with van der Waals surface area (Å²) in [4.78, 5) is 28.1. The van der Waals surface area contributed by atoms with Crippen molar-refractivity contribution in [2.45, 2.75) is 12.8 Å². The first-order chi connectivity index (χ1) is 13.4. The van der Waals surface area contributed by atoms with Crippen molar-refractivity contribution in [1.29, 1.82) is 0 Å². The van der Waals surface area contributed by atoms with E-state index < -0.39 is 0 Å². The molecule has 2 aliphatic rings. The van der Waals surface area contributed by atoms with E-state index in [-0.39, 0.29) is 25.0 Å². The number of amides is 2. The average molecular weight is 427 g/mol. The highest BCUT2D eigenvalue weighted by atomic mass is 35.5. The number of aliphatic hydroxyl groups is 1. The van der Waals surface area contributed by atoms with Crippen LogP contribution in [0.4, 0.5) is 0 Å². The number of ether oxygens (including phenoxy) is 1. The van der Waals surface area contributed by atoms with Crippen LogP contribution in [0.1, 0.15) is 12.0 Å². The lowest BCUT2D eigenvalue weighted by molar-refractivity contribution is -0.130. The first kappa shape index (κ1) is 21.0. The Labute approximate surface area is 174 Å². The van der Waals surface area contributed by atoms with Crippen molar-refractivity contribution in [3.63, 3.8) is 0 Å². The summed E-state index contributed by atoms with van der Waals surface area (Å²) in [6, 6.07) is 3.33. The van der Waals surface area contributed by atoms with Crippen molar-refractivity contribution in [3.05, 3.63) is 40.4 Å². The van der Waals surface area contributed by atoms with E-state index >= 15 is 0 Å². The normalized spacial score (nSPS) is 21.0. The number of carbonyl (C=O) groups is 2. The Morgan fingerprint density at radius 1 is 1.14 bits per heavy atom. The van der Waals surface area contributed by atoms with Crippen molar-refractivity contribution in [2.75, 3.05) is 39.4 Å². The Balaban J connectivity index is 1.54. The largest absolute Gasteiger partial charge is 0.490 e. The van der Waals surface area contributed by atoms with Gasteiger partial charge >= 0.3 is 0 Å². The van der Waals surface area contributed by atoms with Crippen molar-refractivity contribution >= 4 is 35.0 Å². The second-order valence-corrected chi connectivity index (χ2v) is 8.03. The number of fused-ring (bicyclic) bond motifs is 1. The lowest BCUT2D eigenvalue weighted by Crippen LogP contribution is -2.35. The zero-order valence-electron chi connectivity index (χ0n) is 15.6. The summed E-state index contributed by atoms with van der Waals surface area (Å²) >= 11 is 12.4. The fourth-order valence-corrected chi connectivity index (χ4v) is 4.47. The molecular formula is C20H24Cl2N2O4. The molecule has 2 atom stereocenters. The van der Waals surface area contributed by atoms with E-state index in [1.54, 1.807) is 12.1 Å². The topological polar surface area (TPSA) is 70.1 Å². The van der Waals surface area contributed by atoms with E-state index in [0.717, 1.165) is 5.56 Å². The molecule has 1 N–H and O–H groups in total. The fraction of sp³-hybridized carbons (Fsp3) is 0.500. The van der Waals surface area contributed by atoms with Crippen LogP contribution in [0.15, 0.2) is 24.8 Å². The summed E-state index contributed by atoms with van der Waals surface area (Å²) in [5.74, 6) is 1.17. The summed E-state index contributed by atoms with van der Waals surface area (Å²) in [5, 5.41) is 9.76. The predicted octanol–water partition coefficient (Wildman–Crippen LogP) is 2.40. The third-order valence-corrected chi connectivity index (χ3v) is 6.03. The van der Waals surface area contributed by atoms with Crippen LogP contribution >= 0.6 is 23.2 Å². The maximum Gasteiger partial charge on any atom is 0.245 e. The summed E-state index contributed by atoms with van der Waals surface area (Å²) in [7, 11) is 0. The molecule has 6 nitrogen and oxygen atoms in total. The van der Waals surface area contributed by atoms with Gasteiger partial charge in [0, 0.05) is 49.5 Å². The number of hydrogen-bond acceptors (Lipinski definition) is 4. The maximum absolute atomic E-state index is 12.7. The molecule has 152 valence electrons. The Kier molecular flexibility index (Phi) is 6.86. The van der Waals surface area contributed by atoms with Gasteiger partial charge in [-0.25, -0.2) is 0 Å². The van der Waals surface area contributed by atoms with E-state index in [1.807, 2.05) is 9.80 Å². The van der Waals surface area contributed by atoms with Gasteiger partial charge in [-0.1, -0.05) is 29.8 Å². The van der Waals surface area contributed by atoms with Gasteiger partial charge in [0.25, 0.3) is 0 Å². The molecule has 28 heavy (non-hydrogen) atoms. The molecule has 0 radical (unpaired) electrons. The third kappa shape index (κ3) is 4.62. The predicted molar refractivity (Wildman–Crippen MR) is 108 cm³/mol. The van der Waals surface area contributed by atoms with Gasteiger partial charge in [0.1, 0.15) is 12.4 Å². The summed E-state index contributed by atoms with van der Waals surface area (Å²) < 4.78 is 5.40. The maximum atomic E-state index is 12.7. The number of hydrogen-bond donors (Lipinski definition) is 1. The molecule has 2 fully saturated rings. The van der Waals surface area contributed by atoms with E-state index in [4.69, 9.17) is 33.0 Å². The molecule has 0 saturated carbocycles. The minimum absolute atomic E-state index is 0.0381. The van der Waals surface area contributed by atoms with Crippen molar-refractivity contribution in [3.8, 4) is 5.75 Å². The molecule has 0 spiro atoms. The molecule has 1 aromatic carbocycles. The van der Waals surface area contributed by atoms with Crippen molar-refractivity contribution < 1.29 is 19.4 Å². The van der Waals surface area contributed by atoms with Crippen LogP contribution in [0.25, 0.3) is 0 Å². The molecule has 8 heteroatoms. The van der Waals surface area contributed by atoms with Gasteiger partial charge < -0.3 is 19.6 Å². The third-order valence-electron chi connectivity index (χ3n) is 5.38. The minimum Gasteiger partial charge on any atom is -0.490 e. The molecule has 2 heterocycles. The quantitative estimate of drug-likeness (QED) is 0.679. The molecule has 1 aromatic rings. The Morgan fingerprint density at radius 3 is 2.39 bits per heavy atom. The van der Waals surface area contributed by atoms with E-state index in [0.29, 0.717) is 66.7 Å². The lowest BCUT2D eigenvalue weighted by atomic mass is 10.0. The van der Waals surface area contributed by atoms with Gasteiger partial charge in [0.2, 0.25) is 11.8 Å². The van der Waals surface area contributed by atoms with E-state index in [2.05, 4.69) is 6.58 Å². The summed E-state index contributed by atoms with van der Waals surface area (Å²) in [6.07, 6.45) is 2.17. The van der Waals surface area contributed by atoms with Crippen LogP contribution in [-0.4, -0.2) is 66.1 Å². The minimum atomic E-state index is -0.111. The number of nitrogens with zero attached hydrogens (tertiary/aromatic N) is 2. The lowest BCUT2D eigenvalue weighted by Gasteiger charge is -2.21. The number of rotatable bonds is 7. The molecular weight excluding hydrogens is 403 g/mol. The zero-order chi connectivity index (χ0) is 20.3. The standard InChI is InChI=1S/C20H24Cl2N2O4/c1-2-19(26)23-9-14-11-24(12-15(14)10-23)20(27)4-3-13-7-18(28-6-5-25)17(22)8-16(13)21/h2,7-8,14-15,25H,1,3-6,9-12H2. The fourth-order valence-electron chi connectivity index (χ4n) is 3.93. The van der Waals surface area contributed by atoms with Gasteiger partial charge in [-0.2, -0.15) is 0 Å². The molecule has 3 rings (SSSR count). The van der Waals surface area contributed by atoms with Gasteiger partial charge in [0.05, 0.1) is 11.6 Å². The number of benzene rings is 1. The second-order valence-electron chi connectivity index (χ2n) is 7.21. The van der Waals surface area contributed by atoms with Crippen LogP contribution in [0.3, 0.4) is 0 Å². The highest BCUT2D eigenvalue weighted by Crippen LogP contribution is 2.33. The van der Waals surface area contributed by atoms with Gasteiger partial charge in [-0.3, -0.25) is 9.59 Å². The molecule has 2 amide bonds. The monoisotopic (exact) mass is 426 g/mol. The smallest absolute Gasteiger partial charge is 0.245 e. The van der Waals surface area contributed by atoms with Gasteiger partial charge in [0.15, 0.2) is 0 Å². The first-order valence-electron chi connectivity index (χ1n) is 9.33. The number of aryl methyl sites for hydroxylation is 1. The van der Waals surface area contributed by atoms with Gasteiger partial charge in [-0.15, -0.1) is 0 Å². The number of halogens is 2. The zero-order valence-corrected chi connectivity index (χ0v) is 17.1. The highest BCUT2D eigenvalue weighted by molar-refractivity contribution is 6.36. The average Bonchev–Trinajstić information content (AvgIpc) is 3.25. The number of carbonyl (C=O) groups excluding carboxylic acids is 2. The van der Waals surface area contributed by atoms with Crippen molar-refractivity contribution in [1.82, 2.24) is 9.80 Å². The number of aliphatic hydroxyl groups excluding tert-OH is 1. The Hall–Kier alpha value is -1.76. The summed E-state index contributed by atoms with van der Waals surface area (Å²) in [6.45, 7) is 6.31. The van der Waals surface area contributed by atoms with Crippen molar-refractivity contribution in [2.24, 2.45) is 11.8 Å². The first-order valence-corrected chi connectivity index (χ1v) is 10.1. The Bertz CT molecular complexity index is 757. The molecule has 0 aliphatic carbocycles. The van der Waals surface area contributed by atoms with Crippen LogP contribution in [0.5, 0.6) is 5.75 Å². The molecule has 2 unspecified atom stereocenters. The summed E-state index contributed by atoms with van der Waals surface area (Å²) in [5.41, 5.74) is 0.787. The molecule has 0 bridgehead atoms. The van der Waals surface area contributed by atoms with Crippen LogP contribution in [-0.2, 0) is 16.0 Å². The molecule has 2 saturated heterocycles. The van der Waals surface area contributed by atoms with E-state index in [1.165, 1.54) is 6.08 Å². The highest BCUT2D eigenvalue weighted by Gasteiger charge is 2.42. The van der Waals surface area contributed by atoms with Crippen LogP contribution < -0.4 is 4.74 Å². The molecule has 2 aliphatic heterocycles. The SMILES string of the molecule is C=CC(=O)N1CC2CN(C(=O)CCc3cc(OCCO)c(Cl)cc3Cl)CC2C1. The van der Waals surface area contributed by atoms with E-state index in [9.17, 15) is 9.59 Å². The molecule has 0 aromatic heterocycles. The van der Waals surface area contributed by atoms with Crippen LogP contribution in [0, 0.1) is 11.8 Å². The Morgan fingerprint density at radius 2 is 1.79 bits per heavy atom. The number of likely N-dealkylation sites (tertiary alicyclic amines) is 2. The second kappa shape index (κ2) is 9.16. The van der Waals surface area contributed by atoms with Crippen LogP contribution in [0.2, 0.25) is 10.0 Å². The van der Waals surface area contributed by atoms with Gasteiger partial charge in [-0.05, 0) is 30.2 Å².